The van der Waals surface area contributed by atoms with Crippen LogP contribution in [-0.2, 0) is 16.1 Å². The zero-order valence-corrected chi connectivity index (χ0v) is 20.9. The minimum Gasteiger partial charge on any atom is -0.349 e. The molecule has 2 aliphatic rings. The van der Waals surface area contributed by atoms with Crippen molar-refractivity contribution < 1.29 is 14.4 Å². The number of likely N-dealkylation sites (N-methyl/N-ethyl adjacent to an activating group) is 1. The highest BCUT2D eigenvalue weighted by Gasteiger charge is 2.47. The van der Waals surface area contributed by atoms with E-state index in [1.807, 2.05) is 45.0 Å². The molecule has 9 heteroatoms. The predicted octanol–water partition coefficient (Wildman–Crippen LogP) is 3.65. The molecule has 8 nitrogen and oxygen atoms in total. The Morgan fingerprint density at radius 3 is 2.60 bits per heavy atom. The second kappa shape index (κ2) is 10.5. The lowest BCUT2D eigenvalue weighted by atomic mass is 9.95. The van der Waals surface area contributed by atoms with E-state index >= 15 is 0 Å². The van der Waals surface area contributed by atoms with Crippen LogP contribution in [-0.4, -0.2) is 51.8 Å². The highest BCUT2D eigenvalue weighted by molar-refractivity contribution is 6.31. The van der Waals surface area contributed by atoms with Crippen molar-refractivity contribution in [3.05, 3.63) is 76.2 Å². The Bertz CT molecular complexity index is 1150. The number of nitrogens with zero attached hydrogens (tertiary/aromatic N) is 3. The van der Waals surface area contributed by atoms with Crippen LogP contribution in [0.1, 0.15) is 44.5 Å². The van der Waals surface area contributed by atoms with E-state index in [1.54, 1.807) is 34.2 Å². The number of pyridine rings is 1. The zero-order chi connectivity index (χ0) is 25.1. The summed E-state index contributed by atoms with van der Waals surface area (Å²) in [5.41, 5.74) is 2.48. The first-order valence-corrected chi connectivity index (χ1v) is 12.2. The number of carbonyl (C=O) groups excluding carboxylic acids is 3. The summed E-state index contributed by atoms with van der Waals surface area (Å²) in [4.78, 5) is 47.6. The first-order valence-electron chi connectivity index (χ1n) is 11.9. The van der Waals surface area contributed by atoms with Gasteiger partial charge >= 0.3 is 6.03 Å². The summed E-state index contributed by atoms with van der Waals surface area (Å²) in [5.74, 6) is -0.330. The lowest BCUT2D eigenvalue weighted by Gasteiger charge is -2.33. The fraction of sp³-hybridized carbons (Fsp3) is 0.385. The predicted molar refractivity (Wildman–Crippen MR) is 133 cm³/mol. The van der Waals surface area contributed by atoms with E-state index in [0.29, 0.717) is 34.8 Å². The van der Waals surface area contributed by atoms with Crippen molar-refractivity contribution in [3.63, 3.8) is 0 Å². The summed E-state index contributed by atoms with van der Waals surface area (Å²) < 4.78 is 0. The van der Waals surface area contributed by atoms with Gasteiger partial charge in [0.15, 0.2) is 0 Å². The summed E-state index contributed by atoms with van der Waals surface area (Å²) in [7, 11) is 0. The number of benzene rings is 1. The molecule has 0 aliphatic carbocycles. The zero-order valence-electron chi connectivity index (χ0n) is 20.1. The first-order chi connectivity index (χ1) is 16.8. The molecule has 2 N–H and O–H groups in total. The molecule has 2 aromatic rings. The van der Waals surface area contributed by atoms with Crippen molar-refractivity contribution in [3.8, 4) is 0 Å². The van der Waals surface area contributed by atoms with Crippen LogP contribution in [0, 0.1) is 5.92 Å². The molecule has 0 saturated carbocycles. The van der Waals surface area contributed by atoms with Gasteiger partial charge in [-0.2, -0.15) is 0 Å². The van der Waals surface area contributed by atoms with Gasteiger partial charge in [-0.25, -0.2) is 4.79 Å². The molecule has 184 valence electrons. The average Bonchev–Trinajstić information content (AvgIpc) is 3.18. The standard InChI is InChI=1S/C26H30ClN5O3/c1-4-31-21-15-32(20(13-16(2)3)24(33)29-14-17-9-7-8-12-28-17)25(34)22(21)23(30-26(31)35)18-10-5-6-11-19(18)27/h5-12,16,20,23H,4,13-15H2,1-3H3,(H,29,33)(H,30,35)/t20-,23-/m0/s1. The summed E-state index contributed by atoms with van der Waals surface area (Å²) in [6, 6.07) is 11.0. The molecule has 3 heterocycles. The Hall–Kier alpha value is -3.39. The normalized spacial score (nSPS) is 18.6. The van der Waals surface area contributed by atoms with E-state index < -0.39 is 12.1 Å². The van der Waals surface area contributed by atoms with E-state index in [4.69, 9.17) is 11.6 Å². The van der Waals surface area contributed by atoms with E-state index in [9.17, 15) is 14.4 Å². The quantitative estimate of drug-likeness (QED) is 0.584. The van der Waals surface area contributed by atoms with Crippen molar-refractivity contribution in [1.82, 2.24) is 25.4 Å². The van der Waals surface area contributed by atoms with E-state index in [0.717, 1.165) is 5.69 Å². The second-order valence-electron chi connectivity index (χ2n) is 9.13. The molecule has 0 unspecified atom stereocenters. The Morgan fingerprint density at radius 2 is 1.94 bits per heavy atom. The van der Waals surface area contributed by atoms with E-state index in [2.05, 4.69) is 15.6 Å². The molecular formula is C26H30ClN5O3. The van der Waals surface area contributed by atoms with E-state index in [1.165, 1.54) is 0 Å². The molecule has 1 aromatic heterocycles. The fourth-order valence-electron chi connectivity index (χ4n) is 4.66. The summed E-state index contributed by atoms with van der Waals surface area (Å²) in [6.07, 6.45) is 2.16. The largest absolute Gasteiger partial charge is 0.349 e. The number of aromatic nitrogens is 1. The Labute approximate surface area is 210 Å². The highest BCUT2D eigenvalue weighted by atomic mass is 35.5. The van der Waals surface area contributed by atoms with Gasteiger partial charge in [0.05, 0.1) is 36.1 Å². The van der Waals surface area contributed by atoms with Gasteiger partial charge in [-0.1, -0.05) is 49.7 Å². The Balaban J connectivity index is 1.65. The molecule has 0 spiro atoms. The maximum Gasteiger partial charge on any atom is 0.322 e. The second-order valence-corrected chi connectivity index (χ2v) is 9.53. The monoisotopic (exact) mass is 495 g/mol. The molecule has 2 atom stereocenters. The number of halogens is 1. The third kappa shape index (κ3) is 5.03. The number of carbonyl (C=O) groups is 3. The van der Waals surface area contributed by atoms with Crippen LogP contribution in [0.5, 0.6) is 0 Å². The minimum atomic E-state index is -0.683. The molecule has 35 heavy (non-hydrogen) atoms. The lowest BCUT2D eigenvalue weighted by molar-refractivity contribution is -0.137. The summed E-state index contributed by atoms with van der Waals surface area (Å²) in [5, 5.41) is 6.34. The molecule has 4 amide bonds. The molecule has 0 saturated heterocycles. The van der Waals surface area contributed by atoms with Crippen molar-refractivity contribution >= 4 is 29.4 Å². The fourth-order valence-corrected chi connectivity index (χ4v) is 4.91. The number of amides is 4. The molecular weight excluding hydrogens is 466 g/mol. The Morgan fingerprint density at radius 1 is 1.20 bits per heavy atom. The SMILES string of the molecule is CCN1C(=O)N[C@@H](c2ccccc2Cl)C2=C1CN([C@@H](CC(C)C)C(=O)NCc1ccccn1)C2=O. The minimum absolute atomic E-state index is 0.174. The summed E-state index contributed by atoms with van der Waals surface area (Å²) in [6.45, 7) is 6.75. The van der Waals surface area contributed by atoms with Crippen LogP contribution in [0.4, 0.5) is 4.79 Å². The third-order valence-corrected chi connectivity index (χ3v) is 6.67. The number of urea groups is 1. The van der Waals surface area contributed by atoms with Gasteiger partial charge in [-0.3, -0.25) is 19.5 Å². The van der Waals surface area contributed by atoms with Crippen LogP contribution in [0.25, 0.3) is 0 Å². The van der Waals surface area contributed by atoms with Crippen LogP contribution in [0.15, 0.2) is 59.9 Å². The number of hydrogen-bond donors (Lipinski definition) is 2. The van der Waals surface area contributed by atoms with Gasteiger partial charge in [-0.15, -0.1) is 0 Å². The van der Waals surface area contributed by atoms with Gasteiger partial charge in [0, 0.05) is 17.8 Å². The molecule has 0 radical (unpaired) electrons. The van der Waals surface area contributed by atoms with E-state index in [-0.39, 0.29) is 36.9 Å². The molecule has 0 fully saturated rings. The van der Waals surface area contributed by atoms with Crippen LogP contribution in [0.2, 0.25) is 5.02 Å². The van der Waals surface area contributed by atoms with Crippen LogP contribution in [0.3, 0.4) is 0 Å². The number of rotatable bonds is 8. The van der Waals surface area contributed by atoms with Gasteiger partial charge in [-0.05, 0) is 43.0 Å². The third-order valence-electron chi connectivity index (χ3n) is 6.33. The van der Waals surface area contributed by atoms with Crippen molar-refractivity contribution in [2.24, 2.45) is 5.92 Å². The van der Waals surface area contributed by atoms with Crippen molar-refractivity contribution in [1.29, 1.82) is 0 Å². The van der Waals surface area contributed by atoms with Gasteiger partial charge in [0.2, 0.25) is 5.91 Å². The topological polar surface area (TPSA) is 94.6 Å². The molecule has 1 aromatic carbocycles. The maximum absolute atomic E-state index is 13.9. The molecule has 2 aliphatic heterocycles. The first kappa shape index (κ1) is 24.7. The van der Waals surface area contributed by atoms with Crippen LogP contribution < -0.4 is 10.6 Å². The highest BCUT2D eigenvalue weighted by Crippen LogP contribution is 2.39. The molecule has 4 rings (SSSR count). The van der Waals surface area contributed by atoms with Crippen molar-refractivity contribution in [2.75, 3.05) is 13.1 Å². The summed E-state index contributed by atoms with van der Waals surface area (Å²) >= 11 is 6.45. The maximum atomic E-state index is 13.9. The van der Waals surface area contributed by atoms with Gasteiger partial charge in [0.25, 0.3) is 5.91 Å². The average molecular weight is 496 g/mol. The lowest BCUT2D eigenvalue weighted by Crippen LogP contribution is -2.49. The number of nitrogens with one attached hydrogen (secondary N) is 2. The molecule has 0 bridgehead atoms. The van der Waals surface area contributed by atoms with Gasteiger partial charge < -0.3 is 15.5 Å². The van der Waals surface area contributed by atoms with Gasteiger partial charge in [0.1, 0.15) is 6.04 Å². The van der Waals surface area contributed by atoms with Crippen LogP contribution >= 0.6 is 11.6 Å². The van der Waals surface area contributed by atoms with Crippen molar-refractivity contribution in [2.45, 2.75) is 45.8 Å². The Kier molecular flexibility index (Phi) is 7.40. The number of hydrogen-bond acceptors (Lipinski definition) is 4. The smallest absolute Gasteiger partial charge is 0.322 e.